The van der Waals surface area contributed by atoms with Crippen molar-refractivity contribution >= 4 is 5.91 Å². The first-order valence-electron chi connectivity index (χ1n) is 3.95. The van der Waals surface area contributed by atoms with Crippen molar-refractivity contribution < 1.29 is 9.90 Å². The Morgan fingerprint density at radius 2 is 1.73 bits per heavy atom. The van der Waals surface area contributed by atoms with E-state index in [1.807, 2.05) is 13.8 Å². The van der Waals surface area contributed by atoms with E-state index < -0.39 is 5.60 Å². The molecule has 0 saturated carbocycles. The Kier molecular flexibility index (Phi) is 3.52. The summed E-state index contributed by atoms with van der Waals surface area (Å²) in [4.78, 5) is 12.9. The van der Waals surface area contributed by atoms with Gasteiger partial charge in [-0.1, -0.05) is 0 Å². The third-order valence-corrected chi connectivity index (χ3v) is 1.57. The lowest BCUT2D eigenvalue weighted by Gasteiger charge is -2.26. The lowest BCUT2D eigenvalue weighted by Crippen LogP contribution is -2.44. The van der Waals surface area contributed by atoms with E-state index in [0.717, 1.165) is 0 Å². The molecule has 1 amide bonds. The highest BCUT2D eigenvalue weighted by molar-refractivity contribution is 5.83. The third kappa shape index (κ3) is 2.89. The number of rotatable bonds is 3. The second-order valence-corrected chi connectivity index (χ2v) is 3.04. The molecule has 0 aromatic carbocycles. The Bertz CT molecular complexity index is 134. The predicted octanol–water partition coefficient (Wildman–Crippen LogP) is 0.626. The van der Waals surface area contributed by atoms with Crippen molar-refractivity contribution in [1.82, 2.24) is 4.90 Å². The van der Waals surface area contributed by atoms with Gasteiger partial charge in [0.2, 0.25) is 0 Å². The molecule has 0 saturated heterocycles. The van der Waals surface area contributed by atoms with Gasteiger partial charge in [-0.2, -0.15) is 0 Å². The number of hydrogen-bond donors (Lipinski definition) is 1. The molecule has 0 aromatic rings. The molecule has 0 aliphatic carbocycles. The molecule has 0 heterocycles. The number of carbonyl (C=O) groups is 1. The van der Waals surface area contributed by atoms with Gasteiger partial charge in [0.1, 0.15) is 5.60 Å². The fraction of sp³-hybridized carbons (Fsp3) is 0.875. The van der Waals surface area contributed by atoms with Gasteiger partial charge in [-0.3, -0.25) is 4.79 Å². The molecule has 0 spiro atoms. The van der Waals surface area contributed by atoms with E-state index >= 15 is 0 Å². The van der Waals surface area contributed by atoms with Crippen molar-refractivity contribution in [1.29, 1.82) is 0 Å². The molecule has 0 aliphatic heterocycles. The van der Waals surface area contributed by atoms with Crippen LogP contribution in [0.5, 0.6) is 0 Å². The van der Waals surface area contributed by atoms with Gasteiger partial charge in [0.25, 0.3) is 5.91 Å². The molecule has 66 valence electrons. The van der Waals surface area contributed by atoms with Crippen LogP contribution in [-0.2, 0) is 4.79 Å². The van der Waals surface area contributed by atoms with Crippen molar-refractivity contribution in [3.63, 3.8) is 0 Å². The minimum Gasteiger partial charge on any atom is -0.381 e. The highest BCUT2D eigenvalue weighted by Crippen LogP contribution is 2.06. The zero-order valence-electron chi connectivity index (χ0n) is 7.72. The summed E-state index contributed by atoms with van der Waals surface area (Å²) < 4.78 is 0. The third-order valence-electron chi connectivity index (χ3n) is 1.57. The summed E-state index contributed by atoms with van der Waals surface area (Å²) in [6, 6.07) is 0. The van der Waals surface area contributed by atoms with E-state index in [4.69, 9.17) is 0 Å². The summed E-state index contributed by atoms with van der Waals surface area (Å²) in [6.07, 6.45) is 0. The Hall–Kier alpha value is -0.570. The lowest BCUT2D eigenvalue weighted by atomic mass is 10.1. The normalized spacial score (nSPS) is 11.4. The molecule has 0 fully saturated rings. The number of aliphatic hydroxyl groups is 1. The summed E-state index contributed by atoms with van der Waals surface area (Å²) in [7, 11) is 0. The average molecular weight is 159 g/mol. The Labute approximate surface area is 68.0 Å². The number of nitrogens with zero attached hydrogens (tertiary/aromatic N) is 1. The molecule has 0 unspecified atom stereocenters. The van der Waals surface area contributed by atoms with E-state index in [1.54, 1.807) is 4.90 Å². The van der Waals surface area contributed by atoms with Crippen molar-refractivity contribution in [2.75, 3.05) is 13.1 Å². The molecule has 0 aromatic heterocycles. The smallest absolute Gasteiger partial charge is 0.253 e. The maximum absolute atomic E-state index is 11.3. The molecule has 0 atom stereocenters. The summed E-state index contributed by atoms with van der Waals surface area (Å²) in [5.74, 6) is -0.206. The van der Waals surface area contributed by atoms with Gasteiger partial charge in [-0.15, -0.1) is 0 Å². The van der Waals surface area contributed by atoms with Crippen LogP contribution < -0.4 is 0 Å². The zero-order valence-corrected chi connectivity index (χ0v) is 7.72. The second-order valence-electron chi connectivity index (χ2n) is 3.04. The first kappa shape index (κ1) is 10.4. The van der Waals surface area contributed by atoms with Crippen molar-refractivity contribution in [3.8, 4) is 0 Å². The van der Waals surface area contributed by atoms with Gasteiger partial charge in [0, 0.05) is 13.1 Å². The van der Waals surface area contributed by atoms with Gasteiger partial charge in [-0.05, 0) is 27.7 Å². The van der Waals surface area contributed by atoms with Crippen molar-refractivity contribution in [3.05, 3.63) is 0 Å². The molecule has 3 nitrogen and oxygen atoms in total. The monoisotopic (exact) mass is 159 g/mol. The van der Waals surface area contributed by atoms with E-state index in [2.05, 4.69) is 0 Å². The standard InChI is InChI=1S/C8H17NO2/c1-5-9(6-2)7(10)8(3,4)11/h11H,5-6H2,1-4H3. The van der Waals surface area contributed by atoms with Gasteiger partial charge in [0.05, 0.1) is 0 Å². The van der Waals surface area contributed by atoms with Gasteiger partial charge >= 0.3 is 0 Å². The SMILES string of the molecule is CCN(CC)C(=O)C(C)(C)O. The lowest BCUT2D eigenvalue weighted by molar-refractivity contribution is -0.147. The average Bonchev–Trinajstić information content (AvgIpc) is 1.88. The topological polar surface area (TPSA) is 40.5 Å². The number of likely N-dealkylation sites (N-methyl/N-ethyl adjacent to an activating group) is 1. The Morgan fingerprint density at radius 3 is 1.82 bits per heavy atom. The van der Waals surface area contributed by atoms with Crippen LogP contribution in [-0.4, -0.2) is 34.6 Å². The molecule has 3 heteroatoms. The van der Waals surface area contributed by atoms with E-state index in [9.17, 15) is 9.90 Å². The van der Waals surface area contributed by atoms with E-state index in [0.29, 0.717) is 13.1 Å². The maximum Gasteiger partial charge on any atom is 0.253 e. The summed E-state index contributed by atoms with van der Waals surface area (Å²) in [5, 5.41) is 9.33. The van der Waals surface area contributed by atoms with Crippen LogP contribution in [0.15, 0.2) is 0 Å². The number of hydrogen-bond acceptors (Lipinski definition) is 2. The van der Waals surface area contributed by atoms with Crippen molar-refractivity contribution in [2.45, 2.75) is 33.3 Å². The Balaban J connectivity index is 4.22. The van der Waals surface area contributed by atoms with Crippen LogP contribution in [0.4, 0.5) is 0 Å². The van der Waals surface area contributed by atoms with Crippen LogP contribution in [0.2, 0.25) is 0 Å². The summed E-state index contributed by atoms with van der Waals surface area (Å²) >= 11 is 0. The maximum atomic E-state index is 11.3. The number of carbonyl (C=O) groups excluding carboxylic acids is 1. The van der Waals surface area contributed by atoms with Crippen LogP contribution in [0.3, 0.4) is 0 Å². The van der Waals surface area contributed by atoms with Crippen LogP contribution in [0.25, 0.3) is 0 Å². The second kappa shape index (κ2) is 3.72. The molecule has 0 aliphatic rings. The first-order chi connectivity index (χ1) is 4.93. The van der Waals surface area contributed by atoms with Crippen molar-refractivity contribution in [2.24, 2.45) is 0 Å². The summed E-state index contributed by atoms with van der Waals surface area (Å²) in [5.41, 5.74) is -1.23. The molecule has 1 N–H and O–H groups in total. The van der Waals surface area contributed by atoms with E-state index in [1.165, 1.54) is 13.8 Å². The molecule has 11 heavy (non-hydrogen) atoms. The molecular formula is C8H17NO2. The van der Waals surface area contributed by atoms with Crippen LogP contribution in [0.1, 0.15) is 27.7 Å². The minimum absolute atomic E-state index is 0.206. The van der Waals surface area contributed by atoms with E-state index in [-0.39, 0.29) is 5.91 Å². The minimum atomic E-state index is -1.23. The quantitative estimate of drug-likeness (QED) is 0.656. The number of amides is 1. The molecule has 0 bridgehead atoms. The Morgan fingerprint density at radius 1 is 1.36 bits per heavy atom. The fourth-order valence-electron chi connectivity index (χ4n) is 0.898. The largest absolute Gasteiger partial charge is 0.381 e. The van der Waals surface area contributed by atoms with Gasteiger partial charge in [-0.25, -0.2) is 0 Å². The molecule has 0 radical (unpaired) electrons. The van der Waals surface area contributed by atoms with Crippen LogP contribution in [0, 0.1) is 0 Å². The molecule has 0 rings (SSSR count). The fourth-order valence-corrected chi connectivity index (χ4v) is 0.898. The highest BCUT2D eigenvalue weighted by atomic mass is 16.3. The van der Waals surface area contributed by atoms with Gasteiger partial charge in [0.15, 0.2) is 0 Å². The highest BCUT2D eigenvalue weighted by Gasteiger charge is 2.27. The zero-order chi connectivity index (χ0) is 9.07. The van der Waals surface area contributed by atoms with Crippen LogP contribution >= 0.6 is 0 Å². The van der Waals surface area contributed by atoms with Gasteiger partial charge < -0.3 is 10.0 Å². The summed E-state index contributed by atoms with van der Waals surface area (Å²) in [6.45, 7) is 8.11. The molecular weight excluding hydrogens is 142 g/mol. The first-order valence-corrected chi connectivity index (χ1v) is 3.95. The predicted molar refractivity (Wildman–Crippen MR) is 44.2 cm³/mol.